The number of rotatable bonds is 5. The first kappa shape index (κ1) is 16.5. The van der Waals surface area contributed by atoms with Crippen LogP contribution in [0.15, 0.2) is 48.5 Å². The number of hydrogen-bond acceptors (Lipinski definition) is 2. The molecule has 0 spiro atoms. The monoisotopic (exact) mass is 331 g/mol. The normalized spacial score (nSPS) is 20.7. The predicted octanol–water partition coefficient (Wildman–Crippen LogP) is 0.218. The number of nitrogens with one attached hydrogen (secondary N) is 2. The quantitative estimate of drug-likeness (QED) is 0.608. The van der Waals surface area contributed by atoms with E-state index in [4.69, 9.17) is 0 Å². The molecule has 0 saturated carbocycles. The van der Waals surface area contributed by atoms with Crippen LogP contribution in [0.25, 0.3) is 0 Å². The Bertz CT molecular complexity index is 698. The maximum absolute atomic E-state index is 12.9. The van der Waals surface area contributed by atoms with Crippen LogP contribution in [0.1, 0.15) is 11.1 Å². The number of nitro benzene ring substituents is 1. The molecular weight excluding hydrogens is 309 g/mol. The van der Waals surface area contributed by atoms with Crippen molar-refractivity contribution in [3.05, 3.63) is 75.6 Å². The van der Waals surface area contributed by atoms with Gasteiger partial charge in [-0.2, -0.15) is 0 Å². The molecule has 1 aliphatic heterocycles. The van der Waals surface area contributed by atoms with Crippen LogP contribution in [-0.4, -0.2) is 31.1 Å². The summed E-state index contributed by atoms with van der Waals surface area (Å²) in [5, 5.41) is 10.9. The van der Waals surface area contributed by atoms with E-state index < -0.39 is 0 Å². The van der Waals surface area contributed by atoms with Crippen LogP contribution in [0, 0.1) is 15.9 Å². The molecule has 0 atom stereocenters. The maximum atomic E-state index is 12.9. The van der Waals surface area contributed by atoms with E-state index in [0.29, 0.717) is 0 Å². The Labute approximate surface area is 140 Å². The molecule has 126 valence electrons. The second kappa shape index (κ2) is 7.51. The van der Waals surface area contributed by atoms with Crippen LogP contribution in [0.3, 0.4) is 0 Å². The van der Waals surface area contributed by atoms with Gasteiger partial charge in [0.15, 0.2) is 0 Å². The summed E-state index contributed by atoms with van der Waals surface area (Å²) in [6.45, 7) is 5.94. The summed E-state index contributed by atoms with van der Waals surface area (Å²) in [4.78, 5) is 13.5. The van der Waals surface area contributed by atoms with E-state index >= 15 is 0 Å². The molecule has 0 unspecified atom stereocenters. The number of halogens is 1. The van der Waals surface area contributed by atoms with Crippen LogP contribution in [0.5, 0.6) is 0 Å². The zero-order chi connectivity index (χ0) is 16.9. The summed E-state index contributed by atoms with van der Waals surface area (Å²) in [7, 11) is 0. The number of quaternary nitrogens is 2. The van der Waals surface area contributed by atoms with Crippen molar-refractivity contribution in [2.45, 2.75) is 13.1 Å². The van der Waals surface area contributed by atoms with E-state index in [9.17, 15) is 14.5 Å². The summed E-state index contributed by atoms with van der Waals surface area (Å²) in [6, 6.07) is 13.6. The highest BCUT2D eigenvalue weighted by Crippen LogP contribution is 2.12. The van der Waals surface area contributed by atoms with Crippen molar-refractivity contribution < 1.29 is 19.1 Å². The number of nitro groups is 1. The summed E-state index contributed by atoms with van der Waals surface area (Å²) in [5.41, 5.74) is 2.34. The van der Waals surface area contributed by atoms with Gasteiger partial charge < -0.3 is 9.80 Å². The van der Waals surface area contributed by atoms with Crippen molar-refractivity contribution in [2.75, 3.05) is 26.2 Å². The van der Waals surface area contributed by atoms with Gasteiger partial charge in [-0.25, -0.2) is 4.39 Å². The fourth-order valence-corrected chi connectivity index (χ4v) is 3.27. The molecule has 2 aromatic carbocycles. The van der Waals surface area contributed by atoms with Gasteiger partial charge in [0.1, 0.15) is 45.1 Å². The fraction of sp³-hybridized carbons (Fsp3) is 0.333. The topological polar surface area (TPSA) is 52.0 Å². The van der Waals surface area contributed by atoms with E-state index in [0.717, 1.165) is 50.4 Å². The minimum Gasteiger partial charge on any atom is -0.322 e. The zero-order valence-corrected chi connectivity index (χ0v) is 13.5. The van der Waals surface area contributed by atoms with Crippen LogP contribution in [0.4, 0.5) is 10.1 Å². The van der Waals surface area contributed by atoms with Gasteiger partial charge in [0, 0.05) is 23.3 Å². The third-order valence-electron chi connectivity index (χ3n) is 4.61. The number of non-ortho nitro benzene ring substituents is 1. The van der Waals surface area contributed by atoms with Gasteiger partial charge in [0.05, 0.1) is 4.92 Å². The molecule has 1 saturated heterocycles. The molecule has 0 aromatic heterocycles. The van der Waals surface area contributed by atoms with Crippen molar-refractivity contribution in [3.8, 4) is 0 Å². The summed E-state index contributed by atoms with van der Waals surface area (Å²) >= 11 is 0. The average molecular weight is 331 g/mol. The first-order valence-electron chi connectivity index (χ1n) is 8.25. The van der Waals surface area contributed by atoms with Crippen molar-refractivity contribution in [2.24, 2.45) is 0 Å². The van der Waals surface area contributed by atoms with Crippen LogP contribution in [0.2, 0.25) is 0 Å². The lowest BCUT2D eigenvalue weighted by atomic mass is 10.1. The number of hydrogen-bond donors (Lipinski definition) is 2. The maximum Gasteiger partial charge on any atom is 0.269 e. The van der Waals surface area contributed by atoms with Crippen molar-refractivity contribution >= 4 is 5.69 Å². The van der Waals surface area contributed by atoms with Gasteiger partial charge in [-0.1, -0.05) is 24.3 Å². The lowest BCUT2D eigenvalue weighted by molar-refractivity contribution is -1.02. The minimum atomic E-state index is -0.344. The van der Waals surface area contributed by atoms with Gasteiger partial charge >= 0.3 is 0 Å². The largest absolute Gasteiger partial charge is 0.322 e. The summed E-state index contributed by atoms with van der Waals surface area (Å²) in [5.74, 6) is -0.194. The molecule has 0 radical (unpaired) electrons. The number of piperazine rings is 1. The van der Waals surface area contributed by atoms with Crippen LogP contribution >= 0.6 is 0 Å². The lowest BCUT2D eigenvalue weighted by Gasteiger charge is -2.29. The third-order valence-corrected chi connectivity index (χ3v) is 4.61. The summed E-state index contributed by atoms with van der Waals surface area (Å²) < 4.78 is 12.9. The van der Waals surface area contributed by atoms with E-state index in [1.807, 2.05) is 18.2 Å². The molecule has 6 heteroatoms. The van der Waals surface area contributed by atoms with Gasteiger partial charge in [-0.05, 0) is 12.1 Å². The second-order valence-corrected chi connectivity index (χ2v) is 6.41. The second-order valence-electron chi connectivity index (χ2n) is 6.41. The van der Waals surface area contributed by atoms with Gasteiger partial charge in [-0.3, -0.25) is 10.1 Å². The summed E-state index contributed by atoms with van der Waals surface area (Å²) in [6.07, 6.45) is 0. The Hall–Kier alpha value is -2.31. The molecule has 3 rings (SSSR count). The Kier molecular flexibility index (Phi) is 5.17. The van der Waals surface area contributed by atoms with E-state index in [1.165, 1.54) is 28.0 Å². The zero-order valence-electron chi connectivity index (χ0n) is 13.5. The average Bonchev–Trinajstić information content (AvgIpc) is 2.59. The molecule has 0 bridgehead atoms. The molecule has 1 fully saturated rings. The third kappa shape index (κ3) is 4.37. The van der Waals surface area contributed by atoms with E-state index in [2.05, 4.69) is 0 Å². The standard InChI is InChI=1S/C18H20FN3O2/c19-17-6-4-15(5-7-17)13-20-8-10-21(11-9-20)14-16-2-1-3-18(12-16)22(23)24/h1-7,12H,8-11,13-14H2/p+2. The Balaban J connectivity index is 1.51. The SMILES string of the molecule is O=[N+]([O-])c1cccc(C[NH+]2CC[NH+](Cc3ccc(F)cc3)CC2)c1. The van der Waals surface area contributed by atoms with Gasteiger partial charge in [0.25, 0.3) is 5.69 Å². The Morgan fingerprint density at radius 2 is 1.50 bits per heavy atom. The van der Waals surface area contributed by atoms with Gasteiger partial charge in [-0.15, -0.1) is 0 Å². The highest BCUT2D eigenvalue weighted by atomic mass is 19.1. The van der Waals surface area contributed by atoms with Crippen molar-refractivity contribution in [1.82, 2.24) is 0 Å². The van der Waals surface area contributed by atoms with Crippen molar-refractivity contribution in [1.29, 1.82) is 0 Å². The highest BCUT2D eigenvalue weighted by Gasteiger charge is 2.23. The van der Waals surface area contributed by atoms with Crippen LogP contribution < -0.4 is 9.80 Å². The van der Waals surface area contributed by atoms with E-state index in [-0.39, 0.29) is 16.4 Å². The van der Waals surface area contributed by atoms with Crippen LogP contribution in [-0.2, 0) is 13.1 Å². The Morgan fingerprint density at radius 3 is 2.08 bits per heavy atom. The molecule has 1 heterocycles. The fourth-order valence-electron chi connectivity index (χ4n) is 3.27. The molecular formula is C18H22FN3O2+2. The van der Waals surface area contributed by atoms with Crippen molar-refractivity contribution in [3.63, 3.8) is 0 Å². The molecule has 2 N–H and O–H groups in total. The van der Waals surface area contributed by atoms with Gasteiger partial charge in [0.2, 0.25) is 0 Å². The first-order valence-corrected chi connectivity index (χ1v) is 8.25. The number of benzene rings is 2. The predicted molar refractivity (Wildman–Crippen MR) is 88.3 cm³/mol. The molecule has 1 aliphatic rings. The molecule has 0 aliphatic carbocycles. The molecule has 2 aromatic rings. The molecule has 24 heavy (non-hydrogen) atoms. The lowest BCUT2D eigenvalue weighted by Crippen LogP contribution is -3.27. The Morgan fingerprint density at radius 1 is 0.917 bits per heavy atom. The number of nitrogens with zero attached hydrogens (tertiary/aromatic N) is 1. The smallest absolute Gasteiger partial charge is 0.269 e. The minimum absolute atomic E-state index is 0.160. The molecule has 5 nitrogen and oxygen atoms in total. The first-order chi connectivity index (χ1) is 11.6. The van der Waals surface area contributed by atoms with E-state index in [1.54, 1.807) is 12.1 Å². The highest BCUT2D eigenvalue weighted by molar-refractivity contribution is 5.33. The molecule has 0 amide bonds.